The first-order valence-electron chi connectivity index (χ1n) is 8.70. The lowest BCUT2D eigenvalue weighted by atomic mass is 10.1. The highest BCUT2D eigenvalue weighted by atomic mass is 16.3. The molecule has 0 aliphatic carbocycles. The molecule has 2 fully saturated rings. The fourth-order valence-electron chi connectivity index (χ4n) is 3.78. The van der Waals surface area contributed by atoms with Crippen LogP contribution in [0.15, 0.2) is 24.3 Å². The zero-order valence-corrected chi connectivity index (χ0v) is 13.7. The van der Waals surface area contributed by atoms with Gasteiger partial charge in [-0.2, -0.15) is 15.0 Å². The third-order valence-electron chi connectivity index (χ3n) is 5.08. The lowest BCUT2D eigenvalue weighted by Gasteiger charge is -2.33. The first kappa shape index (κ1) is 15.5. The monoisotopic (exact) mass is 329 g/mol. The standard InChI is InChI=1S/C17H23N5O2/c23-16-11-21(10-15(16)20-8-4-1-5-9-20)17(24)12-22-18-13-6-2-3-7-14(13)19-22/h2-3,6-7,15-16,23H,1,4-5,8-12H2/t15-,16-/m0/s1. The summed E-state index contributed by atoms with van der Waals surface area (Å²) in [6.07, 6.45) is 3.17. The van der Waals surface area contributed by atoms with Crippen LogP contribution >= 0.6 is 0 Å². The molecular formula is C17H23N5O2. The Hall–Kier alpha value is -1.99. The zero-order chi connectivity index (χ0) is 16.5. The molecular weight excluding hydrogens is 306 g/mol. The Morgan fingerprint density at radius 1 is 1.08 bits per heavy atom. The van der Waals surface area contributed by atoms with E-state index < -0.39 is 6.10 Å². The number of fused-ring (bicyclic) bond motifs is 1. The van der Waals surface area contributed by atoms with Crippen molar-refractivity contribution in [2.75, 3.05) is 26.2 Å². The largest absolute Gasteiger partial charge is 0.390 e. The highest BCUT2D eigenvalue weighted by Gasteiger charge is 2.37. The van der Waals surface area contributed by atoms with E-state index in [-0.39, 0.29) is 18.5 Å². The molecule has 3 heterocycles. The van der Waals surface area contributed by atoms with E-state index in [1.165, 1.54) is 24.1 Å². The number of carbonyl (C=O) groups excluding carboxylic acids is 1. The van der Waals surface area contributed by atoms with E-state index >= 15 is 0 Å². The maximum atomic E-state index is 12.6. The second kappa shape index (κ2) is 6.49. The van der Waals surface area contributed by atoms with Crippen molar-refractivity contribution >= 4 is 16.9 Å². The summed E-state index contributed by atoms with van der Waals surface area (Å²) in [4.78, 5) is 18.1. The number of β-amino-alcohol motifs (C(OH)–C–C–N with tert-alkyl or cyclic N) is 1. The predicted octanol–water partition coefficient (Wildman–Crippen LogP) is 0.489. The number of nitrogens with zero attached hydrogens (tertiary/aromatic N) is 5. The van der Waals surface area contributed by atoms with E-state index in [0.29, 0.717) is 13.1 Å². The average Bonchev–Trinajstić information content (AvgIpc) is 3.18. The van der Waals surface area contributed by atoms with E-state index in [4.69, 9.17) is 0 Å². The van der Waals surface area contributed by atoms with Gasteiger partial charge < -0.3 is 10.0 Å². The number of hydrogen-bond donors (Lipinski definition) is 1. The molecule has 2 aliphatic heterocycles. The van der Waals surface area contributed by atoms with Gasteiger partial charge in [-0.3, -0.25) is 9.69 Å². The molecule has 2 saturated heterocycles. The summed E-state index contributed by atoms with van der Waals surface area (Å²) in [6, 6.07) is 7.65. The molecule has 0 saturated carbocycles. The summed E-state index contributed by atoms with van der Waals surface area (Å²) in [6.45, 7) is 3.17. The van der Waals surface area contributed by atoms with Gasteiger partial charge in [0.1, 0.15) is 17.6 Å². The van der Waals surface area contributed by atoms with Gasteiger partial charge in [-0.1, -0.05) is 18.6 Å². The van der Waals surface area contributed by atoms with Crippen LogP contribution in [0.25, 0.3) is 11.0 Å². The van der Waals surface area contributed by atoms with Crippen molar-refractivity contribution in [2.45, 2.75) is 38.0 Å². The molecule has 1 aromatic heterocycles. The number of piperidine rings is 1. The minimum atomic E-state index is -0.461. The van der Waals surface area contributed by atoms with Gasteiger partial charge in [-0.15, -0.1) is 0 Å². The van der Waals surface area contributed by atoms with E-state index in [9.17, 15) is 9.90 Å². The third-order valence-corrected chi connectivity index (χ3v) is 5.08. The van der Waals surface area contributed by atoms with Gasteiger partial charge in [0.15, 0.2) is 0 Å². The summed E-state index contributed by atoms with van der Waals surface area (Å²) < 4.78 is 0. The van der Waals surface area contributed by atoms with Crippen molar-refractivity contribution in [3.05, 3.63) is 24.3 Å². The fourth-order valence-corrected chi connectivity index (χ4v) is 3.78. The molecule has 2 aromatic rings. The molecule has 1 N–H and O–H groups in total. The number of hydrogen-bond acceptors (Lipinski definition) is 5. The maximum absolute atomic E-state index is 12.6. The minimum Gasteiger partial charge on any atom is -0.390 e. The number of likely N-dealkylation sites (tertiary alicyclic amines) is 2. The number of aliphatic hydroxyl groups excluding tert-OH is 1. The zero-order valence-electron chi connectivity index (χ0n) is 13.7. The van der Waals surface area contributed by atoms with Crippen LogP contribution in [-0.2, 0) is 11.3 Å². The average molecular weight is 329 g/mol. The van der Waals surface area contributed by atoms with E-state index in [1.807, 2.05) is 24.3 Å². The number of amides is 1. The predicted molar refractivity (Wildman–Crippen MR) is 89.3 cm³/mol. The van der Waals surface area contributed by atoms with Crippen LogP contribution in [0, 0.1) is 0 Å². The molecule has 2 aliphatic rings. The smallest absolute Gasteiger partial charge is 0.246 e. The number of carbonyl (C=O) groups is 1. The molecule has 0 unspecified atom stereocenters. The van der Waals surface area contributed by atoms with E-state index in [0.717, 1.165) is 24.1 Å². The number of aromatic nitrogens is 3. The third kappa shape index (κ3) is 3.01. The topological polar surface area (TPSA) is 74.5 Å². The molecule has 0 bridgehead atoms. The molecule has 1 aromatic carbocycles. The highest BCUT2D eigenvalue weighted by Crippen LogP contribution is 2.21. The van der Waals surface area contributed by atoms with Crippen molar-refractivity contribution < 1.29 is 9.90 Å². The molecule has 24 heavy (non-hydrogen) atoms. The van der Waals surface area contributed by atoms with Crippen molar-refractivity contribution in [1.29, 1.82) is 0 Å². The van der Waals surface area contributed by atoms with Gasteiger partial charge in [-0.25, -0.2) is 0 Å². The van der Waals surface area contributed by atoms with E-state index in [2.05, 4.69) is 15.1 Å². The Bertz CT molecular complexity index is 692. The molecule has 0 spiro atoms. The number of aliphatic hydroxyl groups is 1. The van der Waals surface area contributed by atoms with Crippen LogP contribution in [0.1, 0.15) is 19.3 Å². The van der Waals surface area contributed by atoms with Gasteiger partial charge in [0.2, 0.25) is 5.91 Å². The van der Waals surface area contributed by atoms with Gasteiger partial charge in [-0.05, 0) is 38.1 Å². The van der Waals surface area contributed by atoms with Crippen molar-refractivity contribution in [3.63, 3.8) is 0 Å². The molecule has 7 heteroatoms. The number of benzene rings is 1. The Kier molecular flexibility index (Phi) is 4.20. The molecule has 128 valence electrons. The van der Waals surface area contributed by atoms with Crippen LogP contribution in [0.4, 0.5) is 0 Å². The van der Waals surface area contributed by atoms with Crippen LogP contribution in [0.2, 0.25) is 0 Å². The molecule has 7 nitrogen and oxygen atoms in total. The van der Waals surface area contributed by atoms with Gasteiger partial charge in [0, 0.05) is 13.1 Å². The first-order chi connectivity index (χ1) is 11.7. The van der Waals surface area contributed by atoms with E-state index in [1.54, 1.807) is 4.90 Å². The minimum absolute atomic E-state index is 0.0335. The van der Waals surface area contributed by atoms with Gasteiger partial charge in [0.05, 0.1) is 12.1 Å². The second-order valence-electron chi connectivity index (χ2n) is 6.75. The van der Waals surface area contributed by atoms with Crippen molar-refractivity contribution in [3.8, 4) is 0 Å². The Morgan fingerprint density at radius 2 is 1.75 bits per heavy atom. The number of rotatable bonds is 3. The summed E-state index contributed by atoms with van der Waals surface area (Å²) >= 11 is 0. The van der Waals surface area contributed by atoms with Crippen molar-refractivity contribution in [2.24, 2.45) is 0 Å². The summed E-state index contributed by atoms with van der Waals surface area (Å²) in [5.74, 6) is -0.0335. The lowest BCUT2D eigenvalue weighted by Crippen LogP contribution is -2.46. The molecule has 2 atom stereocenters. The van der Waals surface area contributed by atoms with Crippen LogP contribution < -0.4 is 0 Å². The Morgan fingerprint density at radius 3 is 2.42 bits per heavy atom. The van der Waals surface area contributed by atoms with Crippen LogP contribution in [0.3, 0.4) is 0 Å². The highest BCUT2D eigenvalue weighted by molar-refractivity contribution is 5.77. The van der Waals surface area contributed by atoms with Gasteiger partial charge >= 0.3 is 0 Å². The fraction of sp³-hybridized carbons (Fsp3) is 0.588. The first-order valence-corrected chi connectivity index (χ1v) is 8.70. The molecule has 0 radical (unpaired) electrons. The van der Waals surface area contributed by atoms with Gasteiger partial charge in [0.25, 0.3) is 0 Å². The van der Waals surface area contributed by atoms with Crippen LogP contribution in [0.5, 0.6) is 0 Å². The second-order valence-corrected chi connectivity index (χ2v) is 6.75. The maximum Gasteiger partial charge on any atom is 0.246 e. The summed E-state index contributed by atoms with van der Waals surface area (Å²) in [5.41, 5.74) is 1.58. The normalized spacial score (nSPS) is 25.5. The Labute approximate surface area is 140 Å². The lowest BCUT2D eigenvalue weighted by molar-refractivity contribution is -0.131. The summed E-state index contributed by atoms with van der Waals surface area (Å²) in [5, 5.41) is 19.0. The molecule has 1 amide bonds. The van der Waals surface area contributed by atoms with Crippen molar-refractivity contribution in [1.82, 2.24) is 24.8 Å². The quantitative estimate of drug-likeness (QED) is 0.887. The van der Waals surface area contributed by atoms with Crippen LogP contribution in [-0.4, -0.2) is 74.1 Å². The summed E-state index contributed by atoms with van der Waals surface area (Å²) in [7, 11) is 0. The Balaban J connectivity index is 1.41. The molecule has 4 rings (SSSR count). The SMILES string of the molecule is O=C(Cn1nc2ccccc2n1)N1C[C@H](O)[C@@H](N2CCCCC2)C1.